The number of unbranched alkanes of at least 4 members (excludes halogenated alkanes) is 4. The monoisotopic (exact) mass is 370 g/mol. The average molecular weight is 371 g/mol. The number of benzene rings is 1. The van der Waals surface area contributed by atoms with E-state index in [1.165, 1.54) is 5.56 Å². The number of hydrogen-bond acceptors (Lipinski definition) is 3. The van der Waals surface area contributed by atoms with Crippen LogP contribution in [0.5, 0.6) is 0 Å². The Morgan fingerprint density at radius 3 is 2.56 bits per heavy atom. The standard InChI is InChI=1S/C24H34O3/c25-19-8-3-1-2-7-14-23-21(16-18-24(23)27)15-17-22(26)13-9-12-20-10-5-4-6-11-20/h4-6,10-11,15,17,21,23,25H,1-3,7-9,12-14,16,18-19H2. The van der Waals surface area contributed by atoms with Gasteiger partial charge in [0.25, 0.3) is 0 Å². The fraction of sp³-hybridized carbons (Fsp3) is 0.583. The summed E-state index contributed by atoms with van der Waals surface area (Å²) in [5, 5.41) is 8.80. The molecule has 1 N–H and O–H groups in total. The SMILES string of the molecule is O=C(C=CC1CCC(=O)C1CCCCCCCO)CCCc1ccccc1. The number of Topliss-reactive ketones (excluding diaryl/α,β-unsaturated/α-hetero) is 1. The van der Waals surface area contributed by atoms with E-state index < -0.39 is 0 Å². The molecular formula is C24H34O3. The third kappa shape index (κ3) is 8.21. The van der Waals surface area contributed by atoms with E-state index in [1.807, 2.05) is 24.3 Å². The molecule has 0 radical (unpaired) electrons. The zero-order chi connectivity index (χ0) is 19.3. The first-order valence-electron chi connectivity index (χ1n) is 10.6. The summed E-state index contributed by atoms with van der Waals surface area (Å²) in [6, 6.07) is 10.3. The number of aryl methyl sites for hydroxylation is 1. The molecule has 0 spiro atoms. The third-order valence-corrected chi connectivity index (χ3v) is 5.59. The lowest BCUT2D eigenvalue weighted by molar-refractivity contribution is -0.121. The smallest absolute Gasteiger partial charge is 0.155 e. The Balaban J connectivity index is 1.68. The van der Waals surface area contributed by atoms with Crippen LogP contribution in [0.25, 0.3) is 0 Å². The van der Waals surface area contributed by atoms with Gasteiger partial charge in [0.1, 0.15) is 5.78 Å². The molecule has 2 rings (SSSR count). The van der Waals surface area contributed by atoms with Gasteiger partial charge in [0.15, 0.2) is 5.78 Å². The van der Waals surface area contributed by atoms with Crippen molar-refractivity contribution in [3.63, 3.8) is 0 Å². The first-order valence-corrected chi connectivity index (χ1v) is 10.6. The fourth-order valence-electron chi connectivity index (χ4n) is 3.97. The zero-order valence-electron chi connectivity index (χ0n) is 16.4. The van der Waals surface area contributed by atoms with Gasteiger partial charge in [-0.05, 0) is 49.7 Å². The number of allylic oxidation sites excluding steroid dienone is 2. The summed E-state index contributed by atoms with van der Waals surface area (Å²) >= 11 is 0. The Labute approximate surface area is 163 Å². The van der Waals surface area contributed by atoms with E-state index in [9.17, 15) is 9.59 Å². The molecule has 0 aliphatic heterocycles. The molecule has 1 aliphatic rings. The maximum Gasteiger partial charge on any atom is 0.155 e. The van der Waals surface area contributed by atoms with Crippen molar-refractivity contribution in [2.75, 3.05) is 6.61 Å². The molecule has 2 unspecified atom stereocenters. The minimum Gasteiger partial charge on any atom is -0.396 e. The van der Waals surface area contributed by atoms with Crippen LogP contribution in [0.1, 0.15) is 69.8 Å². The normalized spacial score (nSPS) is 19.8. The predicted molar refractivity (Wildman–Crippen MR) is 110 cm³/mol. The fourth-order valence-corrected chi connectivity index (χ4v) is 3.97. The Hall–Kier alpha value is -1.74. The number of aliphatic hydroxyl groups excluding tert-OH is 1. The first-order chi connectivity index (χ1) is 13.2. The van der Waals surface area contributed by atoms with E-state index in [0.29, 0.717) is 18.6 Å². The van der Waals surface area contributed by atoms with Crippen LogP contribution in [0.4, 0.5) is 0 Å². The molecule has 2 atom stereocenters. The van der Waals surface area contributed by atoms with Gasteiger partial charge in [-0.2, -0.15) is 0 Å². The molecule has 148 valence electrons. The maximum absolute atomic E-state index is 12.2. The Morgan fingerprint density at radius 2 is 1.78 bits per heavy atom. The molecule has 0 amide bonds. The van der Waals surface area contributed by atoms with Crippen LogP contribution in [0, 0.1) is 11.8 Å². The number of rotatable bonds is 13. The minimum atomic E-state index is 0.108. The van der Waals surface area contributed by atoms with Crippen molar-refractivity contribution in [3.05, 3.63) is 48.0 Å². The molecule has 0 aromatic heterocycles. The van der Waals surface area contributed by atoms with Gasteiger partial charge >= 0.3 is 0 Å². The van der Waals surface area contributed by atoms with Crippen LogP contribution in [0.3, 0.4) is 0 Å². The second kappa shape index (κ2) is 12.6. The van der Waals surface area contributed by atoms with E-state index in [-0.39, 0.29) is 24.2 Å². The highest BCUT2D eigenvalue weighted by Gasteiger charge is 2.32. The molecular weight excluding hydrogens is 336 g/mol. The van der Waals surface area contributed by atoms with Gasteiger partial charge in [-0.3, -0.25) is 9.59 Å². The van der Waals surface area contributed by atoms with E-state index in [2.05, 4.69) is 12.1 Å². The van der Waals surface area contributed by atoms with Crippen LogP contribution in [0.2, 0.25) is 0 Å². The predicted octanol–water partition coefficient (Wildman–Crippen LogP) is 5.06. The largest absolute Gasteiger partial charge is 0.396 e. The van der Waals surface area contributed by atoms with Crippen molar-refractivity contribution >= 4 is 11.6 Å². The molecule has 0 saturated heterocycles. The molecule has 27 heavy (non-hydrogen) atoms. The molecule has 1 aromatic carbocycles. The number of hydrogen-bond donors (Lipinski definition) is 1. The highest BCUT2D eigenvalue weighted by molar-refractivity contribution is 5.90. The summed E-state index contributed by atoms with van der Waals surface area (Å²) in [5.74, 6) is 0.897. The van der Waals surface area contributed by atoms with Crippen molar-refractivity contribution in [2.24, 2.45) is 11.8 Å². The van der Waals surface area contributed by atoms with Gasteiger partial charge in [-0.15, -0.1) is 0 Å². The number of carbonyl (C=O) groups excluding carboxylic acids is 2. The zero-order valence-corrected chi connectivity index (χ0v) is 16.4. The summed E-state index contributed by atoms with van der Waals surface area (Å²) in [4.78, 5) is 24.3. The average Bonchev–Trinajstić information content (AvgIpc) is 3.03. The van der Waals surface area contributed by atoms with Gasteiger partial charge in [-0.25, -0.2) is 0 Å². The van der Waals surface area contributed by atoms with Gasteiger partial charge in [0, 0.05) is 25.4 Å². The van der Waals surface area contributed by atoms with Crippen molar-refractivity contribution in [1.29, 1.82) is 0 Å². The summed E-state index contributed by atoms with van der Waals surface area (Å²) in [5.41, 5.74) is 1.27. The molecule has 1 fully saturated rings. The molecule has 3 heteroatoms. The van der Waals surface area contributed by atoms with E-state index in [1.54, 1.807) is 6.08 Å². The van der Waals surface area contributed by atoms with Gasteiger partial charge in [-0.1, -0.05) is 62.1 Å². The number of carbonyl (C=O) groups is 2. The van der Waals surface area contributed by atoms with Crippen LogP contribution < -0.4 is 0 Å². The highest BCUT2D eigenvalue weighted by atomic mass is 16.2. The van der Waals surface area contributed by atoms with Crippen LogP contribution >= 0.6 is 0 Å². The van der Waals surface area contributed by atoms with Gasteiger partial charge < -0.3 is 5.11 Å². The topological polar surface area (TPSA) is 54.4 Å². The van der Waals surface area contributed by atoms with Crippen LogP contribution in [-0.2, 0) is 16.0 Å². The number of aliphatic hydroxyl groups is 1. The molecule has 0 bridgehead atoms. The first kappa shape index (κ1) is 21.6. The van der Waals surface area contributed by atoms with Crippen LogP contribution in [0.15, 0.2) is 42.5 Å². The van der Waals surface area contributed by atoms with E-state index in [4.69, 9.17) is 5.11 Å². The molecule has 1 aromatic rings. The minimum absolute atomic E-state index is 0.108. The van der Waals surface area contributed by atoms with Crippen molar-refractivity contribution in [2.45, 2.75) is 70.6 Å². The Kier molecular flexibility index (Phi) is 10.1. The lowest BCUT2D eigenvalue weighted by atomic mass is 9.89. The lowest BCUT2D eigenvalue weighted by Crippen LogP contribution is -2.13. The summed E-state index contributed by atoms with van der Waals surface area (Å²) in [6.07, 6.45) is 13.8. The Bertz CT molecular complexity index is 591. The highest BCUT2D eigenvalue weighted by Crippen LogP contribution is 2.33. The van der Waals surface area contributed by atoms with E-state index in [0.717, 1.165) is 57.8 Å². The van der Waals surface area contributed by atoms with Crippen molar-refractivity contribution in [1.82, 2.24) is 0 Å². The second-order valence-electron chi connectivity index (χ2n) is 7.72. The molecule has 0 heterocycles. The maximum atomic E-state index is 12.2. The van der Waals surface area contributed by atoms with Gasteiger partial charge in [0.2, 0.25) is 0 Å². The second-order valence-corrected chi connectivity index (χ2v) is 7.72. The molecule has 1 aliphatic carbocycles. The summed E-state index contributed by atoms with van der Waals surface area (Å²) in [7, 11) is 0. The summed E-state index contributed by atoms with van der Waals surface area (Å²) < 4.78 is 0. The quantitative estimate of drug-likeness (QED) is 0.390. The molecule has 1 saturated carbocycles. The lowest BCUT2D eigenvalue weighted by Gasteiger charge is -2.14. The van der Waals surface area contributed by atoms with Crippen LogP contribution in [-0.4, -0.2) is 23.3 Å². The van der Waals surface area contributed by atoms with Gasteiger partial charge in [0.05, 0.1) is 0 Å². The van der Waals surface area contributed by atoms with Crippen molar-refractivity contribution in [3.8, 4) is 0 Å². The summed E-state index contributed by atoms with van der Waals surface area (Å²) in [6.45, 7) is 0.271. The van der Waals surface area contributed by atoms with E-state index >= 15 is 0 Å². The van der Waals surface area contributed by atoms with Crippen molar-refractivity contribution < 1.29 is 14.7 Å². The third-order valence-electron chi connectivity index (χ3n) is 5.59. The Morgan fingerprint density at radius 1 is 1.04 bits per heavy atom. The molecule has 3 nitrogen and oxygen atoms in total. The number of ketones is 2.